The lowest BCUT2D eigenvalue weighted by Gasteiger charge is -2.45. The first-order valence-corrected chi connectivity index (χ1v) is 11.9. The van der Waals surface area contributed by atoms with E-state index < -0.39 is 5.54 Å². The number of methoxy groups -OCH3 is 1. The van der Waals surface area contributed by atoms with E-state index in [4.69, 9.17) is 9.47 Å². The summed E-state index contributed by atoms with van der Waals surface area (Å²) in [5, 5.41) is 4.26. The number of aromatic nitrogens is 1. The molecule has 5 rings (SSSR count). The molecule has 1 aliphatic carbocycles. The van der Waals surface area contributed by atoms with Crippen molar-refractivity contribution in [1.29, 1.82) is 0 Å². The Labute approximate surface area is 189 Å². The molecule has 1 saturated heterocycles. The van der Waals surface area contributed by atoms with Crippen molar-refractivity contribution in [3.63, 3.8) is 0 Å². The van der Waals surface area contributed by atoms with Crippen molar-refractivity contribution in [3.05, 3.63) is 30.0 Å². The van der Waals surface area contributed by atoms with Crippen LogP contribution in [0.3, 0.4) is 0 Å². The van der Waals surface area contributed by atoms with Crippen molar-refractivity contribution in [2.75, 3.05) is 20.3 Å². The lowest BCUT2D eigenvalue weighted by atomic mass is 9.91. The number of hydrogen-bond donors (Lipinski definition) is 1. The zero-order valence-corrected chi connectivity index (χ0v) is 19.1. The van der Waals surface area contributed by atoms with Gasteiger partial charge in [-0.25, -0.2) is 0 Å². The lowest BCUT2D eigenvalue weighted by Crippen LogP contribution is -2.66. The summed E-state index contributed by atoms with van der Waals surface area (Å²) >= 11 is 0. The zero-order chi connectivity index (χ0) is 22.3. The van der Waals surface area contributed by atoms with Crippen LogP contribution in [-0.2, 0) is 16.1 Å². The topological polar surface area (TPSA) is 72.8 Å². The number of fused-ring (bicyclic) bond motifs is 3. The Hall–Kier alpha value is -2.54. The molecule has 172 valence electrons. The molecule has 2 fully saturated rings. The van der Waals surface area contributed by atoms with Gasteiger partial charge in [0.2, 0.25) is 5.91 Å². The van der Waals surface area contributed by atoms with Gasteiger partial charge in [0.1, 0.15) is 17.0 Å². The van der Waals surface area contributed by atoms with Gasteiger partial charge >= 0.3 is 0 Å². The summed E-state index contributed by atoms with van der Waals surface area (Å²) in [6.07, 6.45) is 7.44. The highest BCUT2D eigenvalue weighted by Crippen LogP contribution is 2.35. The summed E-state index contributed by atoms with van der Waals surface area (Å²) in [4.78, 5) is 29.3. The molecule has 7 nitrogen and oxygen atoms in total. The first-order valence-electron chi connectivity index (χ1n) is 11.9. The van der Waals surface area contributed by atoms with Crippen LogP contribution >= 0.6 is 0 Å². The first-order chi connectivity index (χ1) is 15.5. The second kappa shape index (κ2) is 8.43. The van der Waals surface area contributed by atoms with Gasteiger partial charge in [-0.1, -0.05) is 19.3 Å². The van der Waals surface area contributed by atoms with E-state index in [0.29, 0.717) is 18.8 Å². The number of benzene rings is 1. The van der Waals surface area contributed by atoms with Crippen LogP contribution in [0.2, 0.25) is 0 Å². The highest BCUT2D eigenvalue weighted by Gasteiger charge is 2.49. The molecule has 0 unspecified atom stereocenters. The van der Waals surface area contributed by atoms with E-state index in [1.807, 2.05) is 35.8 Å². The molecule has 1 aromatic carbocycles. The molecule has 1 N–H and O–H groups in total. The minimum Gasteiger partial charge on any atom is -0.497 e. The standard InChI is InChI=1S/C25H33N3O4/c1-25(24(30)26-18-7-4-3-5-8-18)16-27-21-14-19(31-2)11-10-17(21)13-22(27)23(29)28(25)15-20-9-6-12-32-20/h10-11,13-14,18,20H,3-9,12,15-16H2,1-2H3,(H,26,30)/t20-,25-/m0/s1. The Morgan fingerprint density at radius 3 is 2.72 bits per heavy atom. The van der Waals surface area contributed by atoms with E-state index in [-0.39, 0.29) is 24.0 Å². The van der Waals surface area contributed by atoms with Crippen molar-refractivity contribution < 1.29 is 19.1 Å². The van der Waals surface area contributed by atoms with Crippen LogP contribution in [0, 0.1) is 0 Å². The Morgan fingerprint density at radius 2 is 2.00 bits per heavy atom. The minimum atomic E-state index is -0.984. The van der Waals surface area contributed by atoms with Crippen molar-refractivity contribution in [3.8, 4) is 5.75 Å². The molecule has 1 saturated carbocycles. The van der Waals surface area contributed by atoms with Gasteiger partial charge in [-0.3, -0.25) is 9.59 Å². The Morgan fingerprint density at radius 1 is 1.19 bits per heavy atom. The first kappa shape index (κ1) is 21.3. The highest BCUT2D eigenvalue weighted by molar-refractivity contribution is 6.03. The van der Waals surface area contributed by atoms with Crippen molar-refractivity contribution in [2.45, 2.75) is 76.1 Å². The smallest absolute Gasteiger partial charge is 0.271 e. The van der Waals surface area contributed by atoms with Gasteiger partial charge in [0.05, 0.1) is 25.3 Å². The summed E-state index contributed by atoms with van der Waals surface area (Å²) < 4.78 is 13.3. The number of ether oxygens (including phenoxy) is 2. The molecule has 1 aromatic heterocycles. The fraction of sp³-hybridized carbons (Fsp3) is 0.600. The number of rotatable bonds is 5. The predicted molar refractivity (Wildman–Crippen MR) is 122 cm³/mol. The average molecular weight is 440 g/mol. The molecule has 2 aromatic rings. The SMILES string of the molecule is COc1ccc2cc3n(c2c1)C[C@@](C)(C(=O)NC1CCCCC1)N(C[C@@H]1CCCO1)C3=O. The van der Waals surface area contributed by atoms with Crippen molar-refractivity contribution in [2.24, 2.45) is 0 Å². The maximum absolute atomic E-state index is 13.8. The predicted octanol–water partition coefficient (Wildman–Crippen LogP) is 3.49. The Bertz CT molecular complexity index is 1020. The second-order valence-corrected chi connectivity index (χ2v) is 9.67. The molecule has 2 aliphatic heterocycles. The monoisotopic (exact) mass is 439 g/mol. The number of nitrogens with one attached hydrogen (secondary N) is 1. The van der Waals surface area contributed by atoms with Gasteiger partial charge < -0.3 is 24.3 Å². The van der Waals surface area contributed by atoms with Crippen LogP contribution in [0.1, 0.15) is 62.4 Å². The number of carbonyl (C=O) groups is 2. The minimum absolute atomic E-state index is 0.0169. The normalized spacial score (nSPS) is 26.4. The van der Waals surface area contributed by atoms with Crippen LogP contribution in [0.4, 0.5) is 0 Å². The fourth-order valence-electron chi connectivity index (χ4n) is 5.52. The average Bonchev–Trinajstić information content (AvgIpc) is 3.45. The number of amides is 2. The van der Waals surface area contributed by atoms with Gasteiger partial charge in [-0.15, -0.1) is 0 Å². The van der Waals surface area contributed by atoms with Crippen LogP contribution in [0.25, 0.3) is 10.9 Å². The van der Waals surface area contributed by atoms with Crippen LogP contribution < -0.4 is 10.1 Å². The number of carbonyl (C=O) groups excluding carboxylic acids is 2. The number of hydrogen-bond acceptors (Lipinski definition) is 4. The molecule has 3 aliphatic rings. The molecular formula is C25H33N3O4. The molecule has 0 radical (unpaired) electrons. The largest absolute Gasteiger partial charge is 0.497 e. The van der Waals surface area contributed by atoms with Gasteiger partial charge in [0, 0.05) is 30.6 Å². The maximum atomic E-state index is 13.8. The molecule has 7 heteroatoms. The molecule has 3 heterocycles. The Kier molecular flexibility index (Phi) is 5.61. The maximum Gasteiger partial charge on any atom is 0.271 e. The van der Waals surface area contributed by atoms with Crippen LogP contribution in [0.5, 0.6) is 5.75 Å². The molecule has 0 bridgehead atoms. The third-order valence-electron chi connectivity index (χ3n) is 7.48. The molecule has 32 heavy (non-hydrogen) atoms. The van der Waals surface area contributed by atoms with Crippen molar-refractivity contribution >= 4 is 22.7 Å². The molecule has 2 atom stereocenters. The summed E-state index contributed by atoms with van der Waals surface area (Å²) in [6.45, 7) is 3.49. The van der Waals surface area contributed by atoms with E-state index in [1.165, 1.54) is 6.42 Å². The van der Waals surface area contributed by atoms with Crippen LogP contribution in [0.15, 0.2) is 24.3 Å². The fourth-order valence-corrected chi connectivity index (χ4v) is 5.52. The third kappa shape index (κ3) is 3.66. The van der Waals surface area contributed by atoms with E-state index in [0.717, 1.165) is 61.8 Å². The van der Waals surface area contributed by atoms with E-state index in [9.17, 15) is 9.59 Å². The Balaban J connectivity index is 1.53. The van der Waals surface area contributed by atoms with Gasteiger partial charge in [-0.2, -0.15) is 0 Å². The van der Waals surface area contributed by atoms with Crippen molar-refractivity contribution in [1.82, 2.24) is 14.8 Å². The second-order valence-electron chi connectivity index (χ2n) is 9.67. The van der Waals surface area contributed by atoms with E-state index >= 15 is 0 Å². The quantitative estimate of drug-likeness (QED) is 0.774. The summed E-state index contributed by atoms with van der Waals surface area (Å²) in [7, 11) is 1.64. The van der Waals surface area contributed by atoms with Crippen LogP contribution in [-0.4, -0.2) is 59.2 Å². The number of nitrogens with zero attached hydrogens (tertiary/aromatic N) is 2. The van der Waals surface area contributed by atoms with Gasteiger partial charge in [0.25, 0.3) is 5.91 Å². The summed E-state index contributed by atoms with van der Waals surface area (Å²) in [5.41, 5.74) is 0.554. The van der Waals surface area contributed by atoms with E-state index in [2.05, 4.69) is 5.32 Å². The summed E-state index contributed by atoms with van der Waals surface area (Å²) in [6, 6.07) is 7.93. The zero-order valence-electron chi connectivity index (χ0n) is 19.1. The molecule has 2 amide bonds. The molecular weight excluding hydrogens is 406 g/mol. The van der Waals surface area contributed by atoms with Gasteiger partial charge in [0.15, 0.2) is 0 Å². The lowest BCUT2D eigenvalue weighted by molar-refractivity contribution is -0.134. The highest BCUT2D eigenvalue weighted by atomic mass is 16.5. The van der Waals surface area contributed by atoms with Gasteiger partial charge in [-0.05, 0) is 50.8 Å². The van der Waals surface area contributed by atoms with E-state index in [1.54, 1.807) is 12.0 Å². The molecule has 0 spiro atoms. The third-order valence-corrected chi connectivity index (χ3v) is 7.48. The summed E-state index contributed by atoms with van der Waals surface area (Å²) in [5.74, 6) is 0.565.